The van der Waals surface area contributed by atoms with E-state index in [9.17, 15) is 9.59 Å². The van der Waals surface area contributed by atoms with Crippen molar-refractivity contribution < 1.29 is 50.4 Å². The molecule has 0 aromatic carbocycles. The van der Waals surface area contributed by atoms with Crippen molar-refractivity contribution in [2.45, 2.75) is 37.6 Å². The number of aliphatic carboxylic acids is 2. The highest BCUT2D eigenvalue weighted by atomic mass is 16.7. The lowest BCUT2D eigenvalue weighted by Crippen LogP contribution is -2.27. The molecule has 0 saturated heterocycles. The van der Waals surface area contributed by atoms with Gasteiger partial charge in [-0.1, -0.05) is 0 Å². The minimum Gasteiger partial charge on any atom is -0.481 e. The number of rotatable bonds is 6. The highest BCUT2D eigenvalue weighted by molar-refractivity contribution is 5.66. The Morgan fingerprint density at radius 2 is 0.889 bits per heavy atom. The van der Waals surface area contributed by atoms with Crippen molar-refractivity contribution in [1.29, 1.82) is 0 Å². The quantitative estimate of drug-likeness (QED) is 0.230. The number of aliphatic hydroxyl groups is 6. The molecule has 0 aromatic rings. The van der Waals surface area contributed by atoms with Crippen molar-refractivity contribution in [3.8, 4) is 0 Å². The van der Waals surface area contributed by atoms with E-state index >= 15 is 0 Å². The summed E-state index contributed by atoms with van der Waals surface area (Å²) in [6.07, 6.45) is -2.10. The third kappa shape index (κ3) is 24.1. The molecule has 0 radical (unpaired) electrons. The fourth-order valence-electron chi connectivity index (χ4n) is 0.549. The maximum atomic E-state index is 9.71. The lowest BCUT2D eigenvalue weighted by atomic mass is 10.3. The zero-order valence-corrected chi connectivity index (χ0v) is 9.22. The first-order chi connectivity index (χ1) is 7.83. The maximum absolute atomic E-state index is 9.71. The number of hydrogen-bond donors (Lipinski definition) is 8. The monoisotopic (exact) mass is 272 g/mol. The third-order valence-electron chi connectivity index (χ3n) is 1.35. The SMILES string of the molecule is O=C(O)CCC(O)(O)O.O=C(O)CCC(O)(O)O. The van der Waals surface area contributed by atoms with Gasteiger partial charge in [0.05, 0.1) is 12.8 Å². The smallest absolute Gasteiger partial charge is 0.303 e. The maximum Gasteiger partial charge on any atom is 0.303 e. The van der Waals surface area contributed by atoms with Crippen molar-refractivity contribution in [1.82, 2.24) is 0 Å². The second kappa shape index (κ2) is 7.92. The van der Waals surface area contributed by atoms with Gasteiger partial charge in [-0.15, -0.1) is 0 Å². The van der Waals surface area contributed by atoms with E-state index in [1.807, 2.05) is 0 Å². The summed E-state index contributed by atoms with van der Waals surface area (Å²) in [6, 6.07) is 0. The third-order valence-corrected chi connectivity index (χ3v) is 1.35. The lowest BCUT2D eigenvalue weighted by molar-refractivity contribution is -0.315. The van der Waals surface area contributed by atoms with Crippen molar-refractivity contribution in [3.05, 3.63) is 0 Å². The predicted octanol–water partition coefficient (Wildman–Crippen LogP) is -3.04. The van der Waals surface area contributed by atoms with E-state index < -0.39 is 49.6 Å². The van der Waals surface area contributed by atoms with Crippen LogP contribution in [0.15, 0.2) is 0 Å². The second-order valence-corrected chi connectivity index (χ2v) is 3.34. The summed E-state index contributed by atoms with van der Waals surface area (Å²) in [5.41, 5.74) is 0. The van der Waals surface area contributed by atoms with Crippen LogP contribution in [0.4, 0.5) is 0 Å². The van der Waals surface area contributed by atoms with Gasteiger partial charge in [0.15, 0.2) is 0 Å². The van der Waals surface area contributed by atoms with Gasteiger partial charge in [0.25, 0.3) is 11.9 Å². The summed E-state index contributed by atoms with van der Waals surface area (Å²) >= 11 is 0. The molecule has 0 unspecified atom stereocenters. The first-order valence-corrected chi connectivity index (χ1v) is 4.61. The van der Waals surface area contributed by atoms with Crippen LogP contribution in [0.2, 0.25) is 0 Å². The summed E-state index contributed by atoms with van der Waals surface area (Å²) in [5.74, 6) is -8.07. The summed E-state index contributed by atoms with van der Waals surface area (Å²) in [4.78, 5) is 19.4. The molecule has 0 heterocycles. The van der Waals surface area contributed by atoms with Gasteiger partial charge in [0, 0.05) is 12.8 Å². The molecule has 0 bridgehead atoms. The Bertz CT molecular complexity index is 232. The van der Waals surface area contributed by atoms with Gasteiger partial charge in [-0.25, -0.2) is 0 Å². The minimum absolute atomic E-state index is 0.469. The van der Waals surface area contributed by atoms with Crippen LogP contribution in [0.5, 0.6) is 0 Å². The fraction of sp³-hybridized carbons (Fsp3) is 0.750. The Kier molecular flexibility index (Phi) is 8.38. The van der Waals surface area contributed by atoms with Crippen LogP contribution >= 0.6 is 0 Å². The lowest BCUT2D eigenvalue weighted by Gasteiger charge is -2.10. The van der Waals surface area contributed by atoms with Crippen molar-refractivity contribution in [2.75, 3.05) is 0 Å². The summed E-state index contributed by atoms with van der Waals surface area (Å²) < 4.78 is 0. The Morgan fingerprint density at radius 3 is 0.944 bits per heavy atom. The molecule has 0 amide bonds. The number of carbonyl (C=O) groups is 2. The van der Waals surface area contributed by atoms with Crippen LogP contribution in [0.25, 0.3) is 0 Å². The average Bonchev–Trinajstić information content (AvgIpc) is 2.10. The number of carboxylic acids is 2. The van der Waals surface area contributed by atoms with Gasteiger partial charge in [0.2, 0.25) is 0 Å². The van der Waals surface area contributed by atoms with Gasteiger partial charge in [0.1, 0.15) is 0 Å². The van der Waals surface area contributed by atoms with Crippen molar-refractivity contribution in [3.63, 3.8) is 0 Å². The van der Waals surface area contributed by atoms with Gasteiger partial charge >= 0.3 is 11.9 Å². The highest BCUT2D eigenvalue weighted by Crippen LogP contribution is 2.03. The normalized spacial score (nSPS) is 11.4. The molecule has 18 heavy (non-hydrogen) atoms. The summed E-state index contributed by atoms with van der Waals surface area (Å²) in [6.45, 7) is 0. The number of hydrogen-bond acceptors (Lipinski definition) is 8. The van der Waals surface area contributed by atoms with Gasteiger partial charge in [-0.2, -0.15) is 0 Å². The number of carboxylic acid groups (broad SMARTS) is 2. The predicted molar refractivity (Wildman–Crippen MR) is 52.5 cm³/mol. The van der Waals surface area contributed by atoms with Crippen LogP contribution in [-0.2, 0) is 9.59 Å². The van der Waals surface area contributed by atoms with E-state index in [-0.39, 0.29) is 0 Å². The molecule has 0 aromatic heterocycles. The van der Waals surface area contributed by atoms with Gasteiger partial charge in [-0.3, -0.25) is 9.59 Å². The molecule has 0 saturated carbocycles. The van der Waals surface area contributed by atoms with Crippen LogP contribution in [0.3, 0.4) is 0 Å². The fourth-order valence-corrected chi connectivity index (χ4v) is 0.549. The van der Waals surface area contributed by atoms with E-state index in [2.05, 4.69) is 0 Å². The minimum atomic E-state index is -2.85. The second-order valence-electron chi connectivity index (χ2n) is 3.34. The molecule has 0 atom stereocenters. The average molecular weight is 272 g/mol. The van der Waals surface area contributed by atoms with Crippen molar-refractivity contribution in [2.24, 2.45) is 0 Å². The van der Waals surface area contributed by atoms with E-state index in [0.717, 1.165) is 0 Å². The molecule has 8 N–H and O–H groups in total. The standard InChI is InChI=1S/2C4H8O5/c2*5-3(6)1-2-4(7,8)9/h2*7-9H,1-2H2,(H,5,6). The molecule has 10 nitrogen and oxygen atoms in total. The van der Waals surface area contributed by atoms with Crippen LogP contribution < -0.4 is 0 Å². The van der Waals surface area contributed by atoms with E-state index in [4.69, 9.17) is 40.9 Å². The zero-order valence-electron chi connectivity index (χ0n) is 9.22. The molecular formula is C8H16O10. The first kappa shape index (κ1) is 19.0. The van der Waals surface area contributed by atoms with E-state index in [1.165, 1.54) is 0 Å². The van der Waals surface area contributed by atoms with Gasteiger partial charge in [-0.05, 0) is 0 Å². The molecular weight excluding hydrogens is 256 g/mol. The molecule has 0 aliphatic heterocycles. The molecule has 0 aliphatic rings. The molecule has 0 fully saturated rings. The molecule has 0 spiro atoms. The summed E-state index contributed by atoms with van der Waals surface area (Å²) in [5, 5.41) is 64.6. The van der Waals surface area contributed by atoms with Crippen LogP contribution in [-0.4, -0.2) is 64.7 Å². The summed E-state index contributed by atoms with van der Waals surface area (Å²) in [7, 11) is 0. The first-order valence-electron chi connectivity index (χ1n) is 4.61. The van der Waals surface area contributed by atoms with E-state index in [1.54, 1.807) is 0 Å². The van der Waals surface area contributed by atoms with Crippen molar-refractivity contribution >= 4 is 11.9 Å². The van der Waals surface area contributed by atoms with Crippen LogP contribution in [0, 0.1) is 0 Å². The largest absolute Gasteiger partial charge is 0.481 e. The Hall–Kier alpha value is -1.30. The molecule has 0 rings (SSSR count). The highest BCUT2D eigenvalue weighted by Gasteiger charge is 2.19. The topological polar surface area (TPSA) is 196 Å². The van der Waals surface area contributed by atoms with E-state index in [0.29, 0.717) is 0 Å². The Labute approximate surface area is 101 Å². The molecule has 108 valence electrons. The zero-order chi connectivity index (χ0) is 15.0. The Morgan fingerprint density at radius 1 is 0.667 bits per heavy atom. The Balaban J connectivity index is 0. The van der Waals surface area contributed by atoms with Crippen LogP contribution in [0.1, 0.15) is 25.7 Å². The van der Waals surface area contributed by atoms with Gasteiger partial charge < -0.3 is 40.9 Å². The molecule has 10 heteroatoms. The molecule has 0 aliphatic carbocycles.